The topological polar surface area (TPSA) is 84.9 Å². The van der Waals surface area contributed by atoms with Gasteiger partial charge in [-0.2, -0.15) is 0 Å². The van der Waals surface area contributed by atoms with Crippen molar-refractivity contribution in [2.24, 2.45) is 0 Å². The van der Waals surface area contributed by atoms with Crippen molar-refractivity contribution in [1.29, 1.82) is 0 Å². The SMILES string of the molecule is Nc1ccc(-c2nc3c(oc4ccccc43)c(=O)[nH]2)c(Cl)c1. The average molecular weight is 312 g/mol. The summed E-state index contributed by atoms with van der Waals surface area (Å²) in [6.45, 7) is 0. The molecule has 0 fully saturated rings. The van der Waals surface area contributed by atoms with Crippen molar-refractivity contribution >= 4 is 39.4 Å². The van der Waals surface area contributed by atoms with Gasteiger partial charge < -0.3 is 15.1 Å². The van der Waals surface area contributed by atoms with Crippen LogP contribution < -0.4 is 11.3 Å². The maximum Gasteiger partial charge on any atom is 0.294 e. The number of aromatic nitrogens is 2. The number of nitrogens with zero attached hydrogens (tertiary/aromatic N) is 1. The molecule has 4 rings (SSSR count). The van der Waals surface area contributed by atoms with Gasteiger partial charge in [0.2, 0.25) is 5.58 Å². The highest BCUT2D eigenvalue weighted by Gasteiger charge is 2.15. The summed E-state index contributed by atoms with van der Waals surface area (Å²) in [5.41, 5.74) is 7.85. The number of nitrogens with two attached hydrogens (primary N) is 1. The molecular weight excluding hydrogens is 302 g/mol. The van der Waals surface area contributed by atoms with E-state index in [1.807, 2.05) is 18.2 Å². The first-order valence-electron chi connectivity index (χ1n) is 6.60. The van der Waals surface area contributed by atoms with Gasteiger partial charge in [0.1, 0.15) is 16.9 Å². The van der Waals surface area contributed by atoms with Gasteiger partial charge in [0, 0.05) is 16.6 Å². The molecule has 0 saturated heterocycles. The number of anilines is 1. The van der Waals surface area contributed by atoms with Crippen LogP contribution >= 0.6 is 11.6 Å². The van der Waals surface area contributed by atoms with Crippen LogP contribution in [0, 0.1) is 0 Å². The predicted octanol–water partition coefficient (Wildman–Crippen LogP) is 3.57. The maximum absolute atomic E-state index is 12.3. The molecule has 22 heavy (non-hydrogen) atoms. The van der Waals surface area contributed by atoms with Crippen molar-refractivity contribution in [3.63, 3.8) is 0 Å². The average Bonchev–Trinajstić information content (AvgIpc) is 2.87. The summed E-state index contributed by atoms with van der Waals surface area (Å²) in [7, 11) is 0. The van der Waals surface area contributed by atoms with Gasteiger partial charge in [-0.05, 0) is 30.3 Å². The second-order valence-corrected chi connectivity index (χ2v) is 5.34. The number of rotatable bonds is 1. The van der Waals surface area contributed by atoms with Gasteiger partial charge in [0.05, 0.1) is 5.02 Å². The highest BCUT2D eigenvalue weighted by Crippen LogP contribution is 2.30. The lowest BCUT2D eigenvalue weighted by molar-refractivity contribution is 0.661. The lowest BCUT2D eigenvalue weighted by Gasteiger charge is -2.04. The zero-order valence-corrected chi connectivity index (χ0v) is 12.0. The normalized spacial score (nSPS) is 11.3. The van der Waals surface area contributed by atoms with Crippen LogP contribution in [0.15, 0.2) is 51.7 Å². The van der Waals surface area contributed by atoms with E-state index in [1.165, 1.54) is 0 Å². The van der Waals surface area contributed by atoms with Gasteiger partial charge in [-0.25, -0.2) is 4.98 Å². The Morgan fingerprint density at radius 3 is 2.82 bits per heavy atom. The minimum absolute atomic E-state index is 0.205. The molecule has 0 atom stereocenters. The van der Waals surface area contributed by atoms with E-state index in [0.29, 0.717) is 33.2 Å². The number of para-hydroxylation sites is 1. The molecule has 0 amide bonds. The molecule has 0 aliphatic rings. The fraction of sp³-hybridized carbons (Fsp3) is 0. The third-order valence-electron chi connectivity index (χ3n) is 3.48. The Kier molecular flexibility index (Phi) is 2.71. The first-order chi connectivity index (χ1) is 10.6. The Labute approximate surface area is 129 Å². The molecule has 0 radical (unpaired) electrons. The molecule has 0 aliphatic heterocycles. The number of nitrogens with one attached hydrogen (secondary N) is 1. The van der Waals surface area contributed by atoms with Gasteiger partial charge in [0.15, 0.2) is 0 Å². The molecule has 108 valence electrons. The molecule has 0 aliphatic carbocycles. The minimum atomic E-state index is -0.343. The molecule has 4 aromatic rings. The minimum Gasteiger partial charge on any atom is -0.449 e. The van der Waals surface area contributed by atoms with Crippen LogP contribution in [0.3, 0.4) is 0 Å². The Balaban J connectivity index is 2.07. The fourth-order valence-corrected chi connectivity index (χ4v) is 2.73. The second-order valence-electron chi connectivity index (χ2n) is 4.93. The van der Waals surface area contributed by atoms with E-state index >= 15 is 0 Å². The second kappa shape index (κ2) is 4.61. The summed E-state index contributed by atoms with van der Waals surface area (Å²) in [5, 5.41) is 1.21. The van der Waals surface area contributed by atoms with Crippen LogP contribution in [0.5, 0.6) is 0 Å². The van der Waals surface area contributed by atoms with Crippen molar-refractivity contribution in [2.75, 3.05) is 5.73 Å². The van der Waals surface area contributed by atoms with Crippen molar-refractivity contribution in [3.05, 3.63) is 57.8 Å². The molecule has 0 spiro atoms. The molecule has 5 nitrogen and oxygen atoms in total. The summed E-state index contributed by atoms with van der Waals surface area (Å²) in [6.07, 6.45) is 0. The fourth-order valence-electron chi connectivity index (χ4n) is 2.45. The number of aromatic amines is 1. The van der Waals surface area contributed by atoms with Crippen molar-refractivity contribution in [2.45, 2.75) is 0 Å². The maximum atomic E-state index is 12.3. The van der Waals surface area contributed by atoms with Crippen molar-refractivity contribution in [3.8, 4) is 11.4 Å². The standard InChI is InChI=1S/C16H10ClN3O2/c17-11-7-8(18)5-6-9(11)15-19-13-10-3-1-2-4-12(10)22-14(13)16(21)20-15/h1-7H,18H2,(H,19,20,21). The van der Waals surface area contributed by atoms with Gasteiger partial charge >= 0.3 is 0 Å². The number of nitrogen functional groups attached to an aromatic ring is 1. The molecule has 2 heterocycles. The first-order valence-corrected chi connectivity index (χ1v) is 6.98. The van der Waals surface area contributed by atoms with Crippen molar-refractivity contribution in [1.82, 2.24) is 9.97 Å². The number of furan rings is 1. The van der Waals surface area contributed by atoms with Crippen molar-refractivity contribution < 1.29 is 4.42 Å². The summed E-state index contributed by atoms with van der Waals surface area (Å²) in [5.74, 6) is 0.383. The largest absolute Gasteiger partial charge is 0.449 e. The molecule has 2 aromatic carbocycles. The van der Waals surface area contributed by atoms with Crippen LogP contribution in [0.25, 0.3) is 33.5 Å². The Hall–Kier alpha value is -2.79. The number of halogens is 1. The number of benzene rings is 2. The summed E-state index contributed by atoms with van der Waals surface area (Å²) in [6, 6.07) is 12.4. The smallest absolute Gasteiger partial charge is 0.294 e. The van der Waals surface area contributed by atoms with E-state index in [-0.39, 0.29) is 11.1 Å². The molecule has 0 unspecified atom stereocenters. The quantitative estimate of drug-likeness (QED) is 0.526. The molecule has 0 saturated carbocycles. The molecule has 3 N–H and O–H groups in total. The van der Waals surface area contributed by atoms with Crippen LogP contribution in [-0.4, -0.2) is 9.97 Å². The number of hydrogen-bond acceptors (Lipinski definition) is 4. The van der Waals surface area contributed by atoms with Crippen LogP contribution in [0.1, 0.15) is 0 Å². The number of hydrogen-bond donors (Lipinski definition) is 2. The lowest BCUT2D eigenvalue weighted by Crippen LogP contribution is -2.08. The predicted molar refractivity (Wildman–Crippen MR) is 87.0 cm³/mol. The van der Waals surface area contributed by atoms with Crippen LogP contribution in [-0.2, 0) is 0 Å². The van der Waals surface area contributed by atoms with Crippen LogP contribution in [0.2, 0.25) is 5.02 Å². The zero-order chi connectivity index (χ0) is 15.3. The van der Waals surface area contributed by atoms with Gasteiger partial charge in [0.25, 0.3) is 5.56 Å². The van der Waals surface area contributed by atoms with E-state index < -0.39 is 0 Å². The molecule has 0 bridgehead atoms. The van der Waals surface area contributed by atoms with Gasteiger partial charge in [-0.1, -0.05) is 23.7 Å². The van der Waals surface area contributed by atoms with Gasteiger partial charge in [-0.3, -0.25) is 4.79 Å². The molecular formula is C16H10ClN3O2. The van der Waals surface area contributed by atoms with E-state index in [9.17, 15) is 4.79 Å². The highest BCUT2D eigenvalue weighted by atomic mass is 35.5. The molecule has 2 aromatic heterocycles. The summed E-state index contributed by atoms with van der Waals surface area (Å²) in [4.78, 5) is 19.5. The van der Waals surface area contributed by atoms with Gasteiger partial charge in [-0.15, -0.1) is 0 Å². The Bertz CT molecular complexity index is 1080. The van der Waals surface area contributed by atoms with E-state index in [4.69, 9.17) is 21.8 Å². The molecule has 6 heteroatoms. The highest BCUT2D eigenvalue weighted by molar-refractivity contribution is 6.33. The summed E-state index contributed by atoms with van der Waals surface area (Å²) >= 11 is 6.19. The third kappa shape index (κ3) is 1.87. The van der Waals surface area contributed by atoms with Crippen LogP contribution in [0.4, 0.5) is 5.69 Å². The third-order valence-corrected chi connectivity index (χ3v) is 3.79. The van der Waals surface area contributed by atoms with E-state index in [1.54, 1.807) is 24.3 Å². The zero-order valence-electron chi connectivity index (χ0n) is 11.3. The van der Waals surface area contributed by atoms with E-state index in [2.05, 4.69) is 9.97 Å². The number of fused-ring (bicyclic) bond motifs is 3. The summed E-state index contributed by atoms with van der Waals surface area (Å²) < 4.78 is 5.56. The Morgan fingerprint density at radius 1 is 1.18 bits per heavy atom. The first kappa shape index (κ1) is 12.9. The Morgan fingerprint density at radius 2 is 2.00 bits per heavy atom. The lowest BCUT2D eigenvalue weighted by atomic mass is 10.2. The van der Waals surface area contributed by atoms with E-state index in [0.717, 1.165) is 5.39 Å². The number of H-pyrrole nitrogens is 1. The monoisotopic (exact) mass is 311 g/mol.